The Labute approximate surface area is 219 Å². The highest BCUT2D eigenvalue weighted by molar-refractivity contribution is 7.99. The van der Waals surface area contributed by atoms with Crippen LogP contribution in [0.15, 0.2) is 28.3 Å². The summed E-state index contributed by atoms with van der Waals surface area (Å²) in [4.78, 5) is 2.94. The molecule has 3 heterocycles. The van der Waals surface area contributed by atoms with Crippen molar-refractivity contribution in [2.45, 2.75) is 67.3 Å². The van der Waals surface area contributed by atoms with Gasteiger partial charge in [-0.25, -0.2) is 8.42 Å². The van der Waals surface area contributed by atoms with Crippen LogP contribution in [0.2, 0.25) is 0 Å². The summed E-state index contributed by atoms with van der Waals surface area (Å²) in [6, 6.07) is 5.73. The highest BCUT2D eigenvalue weighted by atomic mass is 32.2. The molecule has 1 aromatic heterocycles. The number of ether oxygens (including phenoxy) is 1. The Morgan fingerprint density at radius 3 is 2.53 bits per heavy atom. The first-order chi connectivity index (χ1) is 17.5. The van der Waals surface area contributed by atoms with Crippen molar-refractivity contribution in [2.75, 3.05) is 51.7 Å². The number of benzene rings is 1. The third-order valence-corrected chi connectivity index (χ3v) is 10.9. The molecule has 1 aliphatic carbocycles. The van der Waals surface area contributed by atoms with Gasteiger partial charge in [-0.15, -0.1) is 10.2 Å². The van der Waals surface area contributed by atoms with E-state index in [9.17, 15) is 8.42 Å². The molecule has 198 valence electrons. The molecule has 8 nitrogen and oxygen atoms in total. The van der Waals surface area contributed by atoms with Crippen molar-refractivity contribution in [1.29, 1.82) is 0 Å². The number of thioether (sulfide) groups is 1. The third kappa shape index (κ3) is 5.99. The summed E-state index contributed by atoms with van der Waals surface area (Å²) in [5.41, 5.74) is 2.46. The SMILES string of the molecule is Cn1c(SCCCN2CCc3ccc(S(=O)(=O)N4CCOCC4)cc3CC2)nnc1C1CCCCC1. The number of nitrogens with zero attached hydrogens (tertiary/aromatic N) is 5. The van der Waals surface area contributed by atoms with Gasteiger partial charge in [0, 0.05) is 44.9 Å². The van der Waals surface area contributed by atoms with Crippen molar-refractivity contribution in [3.05, 3.63) is 35.2 Å². The second-order valence-electron chi connectivity index (χ2n) is 10.2. The molecule has 0 amide bonds. The molecule has 0 spiro atoms. The van der Waals surface area contributed by atoms with Gasteiger partial charge >= 0.3 is 0 Å². The minimum atomic E-state index is -3.45. The lowest BCUT2D eigenvalue weighted by Gasteiger charge is -2.26. The van der Waals surface area contributed by atoms with Crippen molar-refractivity contribution in [2.24, 2.45) is 7.05 Å². The van der Waals surface area contributed by atoms with Gasteiger partial charge in [0.05, 0.1) is 18.1 Å². The van der Waals surface area contributed by atoms with Gasteiger partial charge in [-0.1, -0.05) is 37.1 Å². The molecule has 36 heavy (non-hydrogen) atoms. The summed E-state index contributed by atoms with van der Waals surface area (Å²) in [6.45, 7) is 4.83. The largest absolute Gasteiger partial charge is 0.379 e. The van der Waals surface area contributed by atoms with Crippen molar-refractivity contribution in [3.63, 3.8) is 0 Å². The summed E-state index contributed by atoms with van der Waals surface area (Å²) < 4.78 is 35.2. The van der Waals surface area contributed by atoms with E-state index in [1.54, 1.807) is 10.4 Å². The zero-order valence-corrected chi connectivity index (χ0v) is 23.0. The van der Waals surface area contributed by atoms with Gasteiger partial charge < -0.3 is 14.2 Å². The van der Waals surface area contributed by atoms with Crippen molar-refractivity contribution in [3.8, 4) is 0 Å². The highest BCUT2D eigenvalue weighted by Gasteiger charge is 2.27. The highest BCUT2D eigenvalue weighted by Crippen LogP contribution is 2.32. The van der Waals surface area contributed by atoms with E-state index >= 15 is 0 Å². The summed E-state index contributed by atoms with van der Waals surface area (Å²) in [5, 5.41) is 10.0. The first-order valence-corrected chi connectivity index (χ1v) is 15.9. The topological polar surface area (TPSA) is 80.6 Å². The van der Waals surface area contributed by atoms with Crippen LogP contribution in [0.25, 0.3) is 0 Å². The maximum absolute atomic E-state index is 13.1. The Kier molecular flexibility index (Phi) is 8.68. The molecule has 0 unspecified atom stereocenters. The summed E-state index contributed by atoms with van der Waals surface area (Å²) in [7, 11) is -1.33. The van der Waals surface area contributed by atoms with E-state index in [-0.39, 0.29) is 0 Å². The lowest BCUT2D eigenvalue weighted by molar-refractivity contribution is 0.0730. The molecule has 0 radical (unpaired) electrons. The van der Waals surface area contributed by atoms with Crippen LogP contribution in [0.5, 0.6) is 0 Å². The molecule has 1 saturated heterocycles. The van der Waals surface area contributed by atoms with E-state index in [1.165, 1.54) is 43.2 Å². The Hall–Kier alpha value is -1.46. The van der Waals surface area contributed by atoms with Gasteiger partial charge in [-0.05, 0) is 61.9 Å². The predicted molar refractivity (Wildman–Crippen MR) is 142 cm³/mol. The van der Waals surface area contributed by atoms with E-state index in [0.29, 0.717) is 37.1 Å². The van der Waals surface area contributed by atoms with Crippen LogP contribution in [-0.4, -0.2) is 84.1 Å². The molecule has 0 N–H and O–H groups in total. The van der Waals surface area contributed by atoms with Crippen LogP contribution in [0.3, 0.4) is 0 Å². The van der Waals surface area contributed by atoms with Crippen LogP contribution in [0.4, 0.5) is 0 Å². The van der Waals surface area contributed by atoms with Crippen molar-refractivity contribution < 1.29 is 13.2 Å². The van der Waals surface area contributed by atoms with E-state index < -0.39 is 10.0 Å². The fourth-order valence-electron chi connectivity index (χ4n) is 5.69. The molecule has 10 heteroatoms. The maximum Gasteiger partial charge on any atom is 0.243 e. The van der Waals surface area contributed by atoms with E-state index in [0.717, 1.165) is 55.6 Å². The smallest absolute Gasteiger partial charge is 0.243 e. The van der Waals surface area contributed by atoms with Crippen LogP contribution in [0, 0.1) is 0 Å². The molecule has 3 aliphatic rings. The second-order valence-corrected chi connectivity index (χ2v) is 13.2. The quantitative estimate of drug-likeness (QED) is 0.380. The van der Waals surface area contributed by atoms with Gasteiger partial charge in [0.25, 0.3) is 0 Å². The Bertz CT molecular complexity index is 1120. The van der Waals surface area contributed by atoms with Crippen molar-refractivity contribution in [1.82, 2.24) is 24.0 Å². The van der Waals surface area contributed by atoms with E-state index in [2.05, 4.69) is 26.7 Å². The number of hydrogen-bond acceptors (Lipinski definition) is 7. The number of sulfonamides is 1. The third-order valence-electron chi connectivity index (χ3n) is 7.87. The fraction of sp³-hybridized carbons (Fsp3) is 0.692. The molecule has 2 aromatic rings. The molecule has 0 bridgehead atoms. The number of morpholine rings is 1. The van der Waals surface area contributed by atoms with E-state index in [1.807, 2.05) is 23.9 Å². The van der Waals surface area contributed by atoms with Crippen LogP contribution < -0.4 is 0 Å². The molecular formula is C26H39N5O3S2. The molecule has 1 aromatic carbocycles. The maximum atomic E-state index is 13.1. The van der Waals surface area contributed by atoms with Gasteiger partial charge in [-0.2, -0.15) is 4.31 Å². The van der Waals surface area contributed by atoms with Gasteiger partial charge in [0.1, 0.15) is 5.82 Å². The summed E-state index contributed by atoms with van der Waals surface area (Å²) in [5.74, 6) is 2.77. The Morgan fingerprint density at radius 1 is 1.00 bits per heavy atom. The molecule has 2 fully saturated rings. The molecule has 2 aliphatic heterocycles. The normalized spacial score (nSPS) is 20.8. The molecule has 0 atom stereocenters. The molecular weight excluding hydrogens is 494 g/mol. The average molecular weight is 534 g/mol. The number of aromatic nitrogens is 3. The number of rotatable bonds is 8. The zero-order valence-electron chi connectivity index (χ0n) is 21.4. The van der Waals surface area contributed by atoms with Crippen LogP contribution in [-0.2, 0) is 34.6 Å². The molecule has 5 rings (SSSR count). The first-order valence-electron chi connectivity index (χ1n) is 13.5. The van der Waals surface area contributed by atoms with Crippen molar-refractivity contribution >= 4 is 21.8 Å². The standard InChI is InChI=1S/C26H39N5O3S2/c1-29-25(22-6-3-2-4-7-22)27-28-26(29)35-19-5-12-30-13-10-21-8-9-24(20-23(21)11-14-30)36(32,33)31-15-17-34-18-16-31/h8-9,20,22H,2-7,10-19H2,1H3. The zero-order chi connectivity index (χ0) is 25.0. The molecule has 1 saturated carbocycles. The Morgan fingerprint density at radius 2 is 1.75 bits per heavy atom. The monoisotopic (exact) mass is 533 g/mol. The lowest BCUT2D eigenvalue weighted by atomic mass is 9.89. The second kappa shape index (κ2) is 11.9. The number of hydrogen-bond donors (Lipinski definition) is 0. The number of fused-ring (bicyclic) bond motifs is 1. The average Bonchev–Trinajstić information content (AvgIpc) is 3.15. The summed E-state index contributed by atoms with van der Waals surface area (Å²) >= 11 is 1.81. The van der Waals surface area contributed by atoms with Gasteiger partial charge in [0.2, 0.25) is 10.0 Å². The van der Waals surface area contributed by atoms with Gasteiger partial charge in [0.15, 0.2) is 5.16 Å². The van der Waals surface area contributed by atoms with E-state index in [4.69, 9.17) is 4.74 Å². The van der Waals surface area contributed by atoms with Gasteiger partial charge in [-0.3, -0.25) is 0 Å². The lowest BCUT2D eigenvalue weighted by Crippen LogP contribution is -2.40. The summed E-state index contributed by atoms with van der Waals surface area (Å²) in [6.07, 6.45) is 9.42. The van der Waals surface area contributed by atoms with Crippen LogP contribution >= 0.6 is 11.8 Å². The predicted octanol–water partition coefficient (Wildman–Crippen LogP) is 3.47. The fourth-order valence-corrected chi connectivity index (χ4v) is 7.99. The minimum Gasteiger partial charge on any atom is -0.379 e. The van der Waals surface area contributed by atoms with Crippen LogP contribution in [0.1, 0.15) is 61.4 Å². The Balaban J connectivity index is 1.11. The minimum absolute atomic E-state index is 0.421. The first kappa shape index (κ1) is 26.2.